The molecule has 0 saturated carbocycles. The molecule has 2 aromatic heterocycles. The Morgan fingerprint density at radius 3 is 2.72 bits per heavy atom. The number of benzene rings is 2. The predicted octanol–water partition coefficient (Wildman–Crippen LogP) is 4.89. The van der Waals surface area contributed by atoms with Crippen LogP contribution < -0.4 is 5.43 Å². The van der Waals surface area contributed by atoms with Crippen LogP contribution in [0.4, 0.5) is 5.13 Å². The minimum Gasteiger partial charge on any atom is -0.323 e. The second-order valence-corrected chi connectivity index (χ2v) is 6.85. The third-order valence-corrected chi connectivity index (χ3v) is 4.99. The van der Waals surface area contributed by atoms with Gasteiger partial charge < -0.3 is 4.57 Å². The molecule has 2 heterocycles. The molecule has 0 bridgehead atoms. The van der Waals surface area contributed by atoms with Crippen molar-refractivity contribution >= 4 is 43.9 Å². The summed E-state index contributed by atoms with van der Waals surface area (Å²) in [5, 5.41) is 5.15. The van der Waals surface area contributed by atoms with Gasteiger partial charge >= 0.3 is 0 Å². The second-order valence-electron chi connectivity index (χ2n) is 5.82. The van der Waals surface area contributed by atoms with Gasteiger partial charge in [-0.2, -0.15) is 5.10 Å². The number of aromatic nitrogens is 3. The molecule has 0 aliphatic carbocycles. The van der Waals surface area contributed by atoms with Crippen molar-refractivity contribution in [1.29, 1.82) is 0 Å². The maximum absolute atomic E-state index is 4.70. The molecule has 0 fully saturated rings. The maximum Gasteiger partial charge on any atom is 0.204 e. The summed E-state index contributed by atoms with van der Waals surface area (Å²) < 4.78 is 3.37. The zero-order valence-electron chi connectivity index (χ0n) is 14.0. The number of unbranched alkanes of at least 4 members (excludes halogenated alkanes) is 1. The van der Waals surface area contributed by atoms with E-state index in [4.69, 9.17) is 4.98 Å². The minimum atomic E-state index is 0.786. The van der Waals surface area contributed by atoms with Crippen LogP contribution >= 0.6 is 11.3 Å². The normalized spacial score (nSPS) is 11.7. The first kappa shape index (κ1) is 15.8. The molecule has 2 aromatic carbocycles. The first-order valence-corrected chi connectivity index (χ1v) is 9.26. The molecular weight excluding hydrogens is 330 g/mol. The summed E-state index contributed by atoms with van der Waals surface area (Å²) in [7, 11) is 0. The summed E-state index contributed by atoms with van der Waals surface area (Å²) in [5.74, 6) is 0.864. The molecule has 25 heavy (non-hydrogen) atoms. The molecule has 0 saturated heterocycles. The Morgan fingerprint density at radius 1 is 1.08 bits per heavy atom. The fourth-order valence-electron chi connectivity index (χ4n) is 2.81. The van der Waals surface area contributed by atoms with Crippen molar-refractivity contribution < 1.29 is 0 Å². The number of imidazole rings is 1. The average Bonchev–Trinajstić information content (AvgIpc) is 3.20. The highest BCUT2D eigenvalue weighted by molar-refractivity contribution is 7.22. The molecule has 0 unspecified atom stereocenters. The number of fused-ring (bicyclic) bond motifs is 2. The van der Waals surface area contributed by atoms with Crippen LogP contribution in [0.5, 0.6) is 0 Å². The lowest BCUT2D eigenvalue weighted by molar-refractivity contribution is 0.642. The van der Waals surface area contributed by atoms with Gasteiger partial charge in [0.2, 0.25) is 5.13 Å². The predicted molar refractivity (Wildman–Crippen MR) is 105 cm³/mol. The molecule has 6 heteroatoms. The van der Waals surface area contributed by atoms with E-state index in [0.29, 0.717) is 0 Å². The summed E-state index contributed by atoms with van der Waals surface area (Å²) >= 11 is 1.59. The highest BCUT2D eigenvalue weighted by Crippen LogP contribution is 2.25. The van der Waals surface area contributed by atoms with Crippen LogP contribution in [0.2, 0.25) is 0 Å². The first-order valence-electron chi connectivity index (χ1n) is 8.45. The van der Waals surface area contributed by atoms with E-state index in [0.717, 1.165) is 51.6 Å². The third kappa shape index (κ3) is 3.25. The van der Waals surface area contributed by atoms with E-state index in [9.17, 15) is 0 Å². The topological polar surface area (TPSA) is 55.1 Å². The number of aryl methyl sites for hydroxylation is 1. The van der Waals surface area contributed by atoms with Crippen molar-refractivity contribution in [1.82, 2.24) is 14.5 Å². The van der Waals surface area contributed by atoms with Crippen LogP contribution in [0, 0.1) is 0 Å². The van der Waals surface area contributed by atoms with Crippen molar-refractivity contribution in [3.63, 3.8) is 0 Å². The molecule has 0 atom stereocenters. The Bertz CT molecular complexity index is 998. The van der Waals surface area contributed by atoms with E-state index in [-0.39, 0.29) is 0 Å². The Hall–Kier alpha value is -2.73. The van der Waals surface area contributed by atoms with Gasteiger partial charge in [0.05, 0.1) is 27.5 Å². The number of nitrogens with zero attached hydrogens (tertiary/aromatic N) is 4. The molecule has 4 rings (SSSR count). The molecule has 5 nitrogen and oxygen atoms in total. The summed E-state index contributed by atoms with van der Waals surface area (Å²) in [6, 6.07) is 16.3. The van der Waals surface area contributed by atoms with Gasteiger partial charge in [0.1, 0.15) is 0 Å². The molecule has 0 spiro atoms. The van der Waals surface area contributed by atoms with Crippen LogP contribution in [0.25, 0.3) is 21.3 Å². The van der Waals surface area contributed by atoms with Crippen molar-refractivity contribution in [2.45, 2.75) is 26.3 Å². The summed E-state index contributed by atoms with van der Waals surface area (Å²) in [6.07, 6.45) is 4.04. The summed E-state index contributed by atoms with van der Waals surface area (Å²) in [5.41, 5.74) is 6.17. The van der Waals surface area contributed by atoms with Gasteiger partial charge in [0.25, 0.3) is 0 Å². The fourth-order valence-corrected chi connectivity index (χ4v) is 3.62. The highest BCUT2D eigenvalue weighted by atomic mass is 32.1. The van der Waals surface area contributed by atoms with Crippen molar-refractivity contribution in [3.8, 4) is 0 Å². The van der Waals surface area contributed by atoms with E-state index in [1.165, 1.54) is 0 Å². The van der Waals surface area contributed by atoms with Crippen LogP contribution in [0.3, 0.4) is 0 Å². The van der Waals surface area contributed by atoms with Crippen molar-refractivity contribution in [2.75, 3.05) is 5.43 Å². The third-order valence-electron chi connectivity index (χ3n) is 4.05. The smallest absolute Gasteiger partial charge is 0.204 e. The molecular formula is C19H19N5S. The zero-order valence-corrected chi connectivity index (χ0v) is 14.8. The Kier molecular flexibility index (Phi) is 4.43. The quantitative estimate of drug-likeness (QED) is 0.398. The Morgan fingerprint density at radius 2 is 1.88 bits per heavy atom. The number of nitrogens with one attached hydrogen (secondary N) is 1. The average molecular weight is 349 g/mol. The molecule has 126 valence electrons. The maximum atomic E-state index is 4.70. The minimum absolute atomic E-state index is 0.786. The highest BCUT2D eigenvalue weighted by Gasteiger charge is 2.08. The molecule has 0 aliphatic rings. The van der Waals surface area contributed by atoms with E-state index >= 15 is 0 Å². The molecule has 0 aliphatic heterocycles. The number of para-hydroxylation sites is 3. The van der Waals surface area contributed by atoms with Gasteiger partial charge in [-0.1, -0.05) is 48.9 Å². The first-order chi connectivity index (χ1) is 12.3. The van der Waals surface area contributed by atoms with Crippen molar-refractivity contribution in [3.05, 3.63) is 54.4 Å². The van der Waals surface area contributed by atoms with Crippen LogP contribution in [-0.2, 0) is 6.54 Å². The molecule has 4 aromatic rings. The largest absolute Gasteiger partial charge is 0.323 e. The van der Waals surface area contributed by atoms with Gasteiger partial charge in [0.15, 0.2) is 5.82 Å². The standard InChI is InChI=1S/C19H19N5S/c1-2-3-12-24-16-10-6-4-8-14(16)21-18(24)13-20-23-19-22-15-9-5-7-11-17(15)25-19/h4-11,13H,2-3,12H2,1H3,(H,22,23)/b20-13+. The fraction of sp³-hybridized carbons (Fsp3) is 0.211. The Labute approximate surface area is 150 Å². The number of rotatable bonds is 6. The van der Waals surface area contributed by atoms with E-state index in [1.807, 2.05) is 36.4 Å². The number of hydrazone groups is 1. The summed E-state index contributed by atoms with van der Waals surface area (Å²) in [6.45, 7) is 3.14. The number of thiazole rings is 1. The lowest BCUT2D eigenvalue weighted by Crippen LogP contribution is -2.04. The number of anilines is 1. The van der Waals surface area contributed by atoms with Gasteiger partial charge in [-0.15, -0.1) is 0 Å². The van der Waals surface area contributed by atoms with Gasteiger partial charge in [-0.3, -0.25) is 5.43 Å². The van der Waals surface area contributed by atoms with Gasteiger partial charge in [-0.05, 0) is 30.7 Å². The lowest BCUT2D eigenvalue weighted by atomic mass is 10.3. The number of hydrogen-bond acceptors (Lipinski definition) is 5. The number of hydrogen-bond donors (Lipinski definition) is 1. The molecule has 0 radical (unpaired) electrons. The van der Waals surface area contributed by atoms with Gasteiger partial charge in [0, 0.05) is 6.54 Å². The molecule has 1 N–H and O–H groups in total. The van der Waals surface area contributed by atoms with E-state index < -0.39 is 0 Å². The summed E-state index contributed by atoms with van der Waals surface area (Å²) in [4.78, 5) is 9.22. The molecule has 0 amide bonds. The SMILES string of the molecule is CCCCn1c(/C=N/Nc2nc3ccccc3s2)nc2ccccc21. The monoisotopic (exact) mass is 349 g/mol. The second kappa shape index (κ2) is 7.03. The lowest BCUT2D eigenvalue weighted by Gasteiger charge is -2.05. The van der Waals surface area contributed by atoms with Crippen LogP contribution in [0.15, 0.2) is 53.6 Å². The zero-order chi connectivity index (χ0) is 17.1. The van der Waals surface area contributed by atoms with Crippen LogP contribution in [-0.4, -0.2) is 20.7 Å². The van der Waals surface area contributed by atoms with Gasteiger partial charge in [-0.25, -0.2) is 9.97 Å². The van der Waals surface area contributed by atoms with E-state index in [1.54, 1.807) is 17.6 Å². The van der Waals surface area contributed by atoms with E-state index in [2.05, 4.69) is 39.1 Å². The van der Waals surface area contributed by atoms with Crippen LogP contribution in [0.1, 0.15) is 25.6 Å². The van der Waals surface area contributed by atoms with Crippen molar-refractivity contribution in [2.24, 2.45) is 5.10 Å². The Balaban J connectivity index is 1.59.